The third-order valence-corrected chi connectivity index (χ3v) is 6.24. The summed E-state index contributed by atoms with van der Waals surface area (Å²) in [5, 5.41) is 0. The van der Waals surface area contributed by atoms with Crippen molar-refractivity contribution in [1.29, 1.82) is 0 Å². The number of imide groups is 1. The lowest BCUT2D eigenvalue weighted by molar-refractivity contribution is -0.159. The van der Waals surface area contributed by atoms with Crippen molar-refractivity contribution in [2.75, 3.05) is 4.90 Å². The number of benzene rings is 1. The number of carbonyl (C=O) groups excluding carboxylic acids is 3. The van der Waals surface area contributed by atoms with E-state index >= 15 is 0 Å². The van der Waals surface area contributed by atoms with Crippen LogP contribution in [-0.2, 0) is 30.0 Å². The SMILES string of the molecule is [C-]#[N+]c1ccc(N2C(=O)[C@@H]3[C@H](C2=O)C2(C)C[C@H](OC(C)=O)C3(C)O2)cc1C(F)(F)F. The molecule has 5 atom stereocenters. The highest BCUT2D eigenvalue weighted by Crippen LogP contribution is 2.61. The third-order valence-electron chi connectivity index (χ3n) is 6.24. The summed E-state index contributed by atoms with van der Waals surface area (Å²) in [6, 6.07) is 2.73. The third kappa shape index (κ3) is 2.58. The second kappa shape index (κ2) is 6.04. The van der Waals surface area contributed by atoms with Gasteiger partial charge in [-0.05, 0) is 26.0 Å². The highest BCUT2D eigenvalue weighted by Gasteiger charge is 2.76. The highest BCUT2D eigenvalue weighted by atomic mass is 19.4. The van der Waals surface area contributed by atoms with Gasteiger partial charge in [0.2, 0.25) is 11.8 Å². The van der Waals surface area contributed by atoms with Gasteiger partial charge in [0.1, 0.15) is 11.7 Å². The Morgan fingerprint density at radius 3 is 2.47 bits per heavy atom. The van der Waals surface area contributed by atoms with Gasteiger partial charge in [-0.1, -0.05) is 6.07 Å². The fraction of sp³-hybridized carbons (Fsp3) is 0.500. The average Bonchev–Trinajstić information content (AvgIpc) is 3.14. The smallest absolute Gasteiger partial charge is 0.407 e. The van der Waals surface area contributed by atoms with Gasteiger partial charge in [0, 0.05) is 19.0 Å². The van der Waals surface area contributed by atoms with Crippen molar-refractivity contribution in [3.63, 3.8) is 0 Å². The first kappa shape index (κ1) is 20.3. The number of nitrogens with zero attached hydrogens (tertiary/aromatic N) is 2. The van der Waals surface area contributed by atoms with Gasteiger partial charge in [0.15, 0.2) is 5.69 Å². The Balaban J connectivity index is 1.77. The molecule has 4 rings (SSSR count). The standard InChI is InChI=1S/C20H17F3N2O5/c1-9(26)29-13-8-18(2)14-15(19(13,3)30-18)17(28)25(16(14)27)10-5-6-12(24-4)11(7-10)20(21,22)23/h5-7,13-15H,8H2,1-3H3/t13-,14+,15-,18?,19?/m0/s1. The van der Waals surface area contributed by atoms with Crippen LogP contribution in [0, 0.1) is 18.4 Å². The Morgan fingerprint density at radius 2 is 1.90 bits per heavy atom. The van der Waals surface area contributed by atoms with E-state index in [9.17, 15) is 27.6 Å². The van der Waals surface area contributed by atoms with Crippen molar-refractivity contribution in [3.8, 4) is 0 Å². The molecule has 2 amide bonds. The highest BCUT2D eigenvalue weighted by molar-refractivity contribution is 6.23. The first-order valence-electron chi connectivity index (χ1n) is 9.17. The van der Waals surface area contributed by atoms with E-state index in [1.165, 1.54) is 6.92 Å². The number of alkyl halides is 3. The lowest BCUT2D eigenvalue weighted by Gasteiger charge is -2.34. The number of hydrogen-bond donors (Lipinski definition) is 0. The maximum absolute atomic E-state index is 13.4. The average molecular weight is 422 g/mol. The van der Waals surface area contributed by atoms with Crippen molar-refractivity contribution in [1.82, 2.24) is 0 Å². The van der Waals surface area contributed by atoms with Crippen LogP contribution in [0.4, 0.5) is 24.5 Å². The van der Waals surface area contributed by atoms with Crippen LogP contribution in [0.15, 0.2) is 18.2 Å². The number of anilines is 1. The van der Waals surface area contributed by atoms with Gasteiger partial charge in [-0.3, -0.25) is 14.4 Å². The van der Waals surface area contributed by atoms with Crippen molar-refractivity contribution in [2.45, 2.75) is 50.7 Å². The number of hydrogen-bond acceptors (Lipinski definition) is 5. The van der Waals surface area contributed by atoms with Crippen LogP contribution in [-0.4, -0.2) is 35.1 Å². The minimum atomic E-state index is -4.82. The first-order valence-corrected chi connectivity index (χ1v) is 9.17. The maximum Gasteiger partial charge on any atom is 0.407 e. The fourth-order valence-corrected chi connectivity index (χ4v) is 5.10. The van der Waals surface area contributed by atoms with Crippen LogP contribution >= 0.6 is 0 Å². The molecule has 0 N–H and O–H groups in total. The minimum Gasteiger partial charge on any atom is -0.459 e. The molecule has 1 aromatic carbocycles. The summed E-state index contributed by atoms with van der Waals surface area (Å²) < 4.78 is 51.4. The molecule has 3 fully saturated rings. The summed E-state index contributed by atoms with van der Waals surface area (Å²) in [4.78, 5) is 41.4. The quantitative estimate of drug-likeness (QED) is 0.416. The maximum atomic E-state index is 13.4. The van der Waals surface area contributed by atoms with Gasteiger partial charge in [0.05, 0.1) is 29.6 Å². The van der Waals surface area contributed by atoms with Crippen molar-refractivity contribution >= 4 is 29.2 Å². The molecule has 1 aromatic rings. The Labute approximate surface area is 169 Å². The molecule has 0 radical (unpaired) electrons. The van der Waals surface area contributed by atoms with E-state index in [0.717, 1.165) is 17.0 Å². The molecule has 3 saturated heterocycles. The van der Waals surface area contributed by atoms with Crippen LogP contribution in [0.25, 0.3) is 4.85 Å². The molecule has 2 unspecified atom stereocenters. The zero-order chi connectivity index (χ0) is 22.2. The van der Waals surface area contributed by atoms with Crippen LogP contribution < -0.4 is 4.90 Å². The van der Waals surface area contributed by atoms with Crippen molar-refractivity contribution in [3.05, 3.63) is 35.2 Å². The van der Waals surface area contributed by atoms with E-state index in [0.29, 0.717) is 6.07 Å². The van der Waals surface area contributed by atoms with E-state index in [2.05, 4.69) is 4.85 Å². The number of carbonyl (C=O) groups is 3. The summed E-state index contributed by atoms with van der Waals surface area (Å²) in [5.41, 5.74) is -4.46. The van der Waals surface area contributed by atoms with Gasteiger partial charge in [0.25, 0.3) is 0 Å². The lowest BCUT2D eigenvalue weighted by Crippen LogP contribution is -2.50. The van der Waals surface area contributed by atoms with Gasteiger partial charge in [-0.2, -0.15) is 13.2 Å². The molecule has 7 nitrogen and oxygen atoms in total. The Bertz CT molecular complexity index is 1030. The van der Waals surface area contributed by atoms with E-state index in [1.54, 1.807) is 13.8 Å². The summed E-state index contributed by atoms with van der Waals surface area (Å²) >= 11 is 0. The molecule has 3 aliphatic heterocycles. The van der Waals surface area contributed by atoms with Crippen molar-refractivity contribution < 1.29 is 37.0 Å². The minimum absolute atomic E-state index is 0.196. The summed E-state index contributed by atoms with van der Waals surface area (Å²) in [7, 11) is 0. The van der Waals surface area contributed by atoms with Crippen LogP contribution in [0.3, 0.4) is 0 Å². The largest absolute Gasteiger partial charge is 0.459 e. The summed E-state index contributed by atoms with van der Waals surface area (Å²) in [6.45, 7) is 11.4. The molecule has 0 aliphatic carbocycles. The number of halogens is 3. The molecule has 10 heteroatoms. The molecule has 0 saturated carbocycles. The molecule has 2 bridgehead atoms. The number of fused-ring (bicyclic) bond motifs is 5. The Kier molecular flexibility index (Phi) is 4.10. The number of rotatable bonds is 2. The van der Waals surface area contributed by atoms with Gasteiger partial charge in [-0.25, -0.2) is 9.74 Å². The molecule has 0 aromatic heterocycles. The van der Waals surface area contributed by atoms with E-state index in [1.807, 2.05) is 0 Å². The van der Waals surface area contributed by atoms with E-state index < -0.39 is 64.4 Å². The van der Waals surface area contributed by atoms with Crippen LogP contribution in [0.5, 0.6) is 0 Å². The van der Waals surface area contributed by atoms with E-state index in [4.69, 9.17) is 16.0 Å². The van der Waals surface area contributed by atoms with Gasteiger partial charge >= 0.3 is 12.1 Å². The lowest BCUT2D eigenvalue weighted by atomic mass is 9.67. The number of amides is 2. The molecule has 30 heavy (non-hydrogen) atoms. The van der Waals surface area contributed by atoms with Crippen molar-refractivity contribution in [2.24, 2.45) is 11.8 Å². The zero-order valence-corrected chi connectivity index (χ0v) is 16.2. The number of ether oxygens (including phenoxy) is 2. The molecule has 3 heterocycles. The van der Waals surface area contributed by atoms with Crippen LogP contribution in [0.1, 0.15) is 32.8 Å². The fourth-order valence-electron chi connectivity index (χ4n) is 5.10. The van der Waals surface area contributed by atoms with Crippen LogP contribution in [0.2, 0.25) is 0 Å². The topological polar surface area (TPSA) is 77.3 Å². The second-order valence-electron chi connectivity index (χ2n) is 8.18. The number of esters is 1. The normalized spacial score (nSPS) is 34.8. The molecular weight excluding hydrogens is 405 g/mol. The molecular formula is C20H17F3N2O5. The molecule has 0 spiro atoms. The second-order valence-corrected chi connectivity index (χ2v) is 8.18. The predicted molar refractivity (Wildman–Crippen MR) is 95.2 cm³/mol. The molecule has 3 aliphatic rings. The molecule has 158 valence electrons. The predicted octanol–water partition coefficient (Wildman–Crippen LogP) is 3.24. The summed E-state index contributed by atoms with van der Waals surface area (Å²) in [6.07, 6.45) is -5.38. The first-order chi connectivity index (χ1) is 13.8. The van der Waals surface area contributed by atoms with Gasteiger partial charge in [-0.15, -0.1) is 0 Å². The monoisotopic (exact) mass is 422 g/mol. The Morgan fingerprint density at radius 1 is 1.27 bits per heavy atom. The Hall–Kier alpha value is -2.93. The zero-order valence-electron chi connectivity index (χ0n) is 16.2. The summed E-state index contributed by atoms with van der Waals surface area (Å²) in [5.74, 6) is -3.84. The van der Waals surface area contributed by atoms with E-state index in [-0.39, 0.29) is 12.1 Å². The van der Waals surface area contributed by atoms with Gasteiger partial charge < -0.3 is 9.47 Å².